The summed E-state index contributed by atoms with van der Waals surface area (Å²) >= 11 is 0. The molecule has 3 atom stereocenters. The summed E-state index contributed by atoms with van der Waals surface area (Å²) < 4.78 is 20.6. The van der Waals surface area contributed by atoms with Crippen molar-refractivity contribution in [1.82, 2.24) is 4.90 Å². The summed E-state index contributed by atoms with van der Waals surface area (Å²) in [6.07, 6.45) is 7.13. The molecule has 1 saturated heterocycles. The second kappa shape index (κ2) is 11.3. The number of likely N-dealkylation sites (tertiary alicyclic amines) is 1. The molecule has 4 nitrogen and oxygen atoms in total. The average molecular weight is 512 g/mol. The van der Waals surface area contributed by atoms with Gasteiger partial charge in [-0.15, -0.1) is 0 Å². The van der Waals surface area contributed by atoms with Crippen molar-refractivity contribution in [1.29, 1.82) is 0 Å². The highest BCUT2D eigenvalue weighted by molar-refractivity contribution is 5.46. The van der Waals surface area contributed by atoms with E-state index in [1.165, 1.54) is 24.5 Å². The number of piperidine rings is 1. The lowest BCUT2D eigenvalue weighted by Gasteiger charge is -2.44. The Morgan fingerprint density at radius 2 is 1.82 bits per heavy atom. The van der Waals surface area contributed by atoms with Gasteiger partial charge in [0.25, 0.3) is 5.54 Å². The molecule has 38 heavy (non-hydrogen) atoms. The normalized spacial score (nSPS) is 27.5. The van der Waals surface area contributed by atoms with Crippen LogP contribution in [0, 0.1) is 36.7 Å². The van der Waals surface area contributed by atoms with Crippen molar-refractivity contribution in [3.05, 3.63) is 101 Å². The van der Waals surface area contributed by atoms with E-state index in [0.717, 1.165) is 57.3 Å². The van der Waals surface area contributed by atoms with Crippen molar-refractivity contribution < 1.29 is 9.13 Å². The lowest BCUT2D eigenvalue weighted by atomic mass is 9.65. The molecular weight excluding hydrogens is 473 g/mol. The molecule has 0 radical (unpaired) electrons. The van der Waals surface area contributed by atoms with Crippen LogP contribution in [-0.4, -0.2) is 30.6 Å². The average Bonchev–Trinajstić information content (AvgIpc) is 3.35. The summed E-state index contributed by atoms with van der Waals surface area (Å²) in [5.74, 6) is 1.94. The van der Waals surface area contributed by atoms with Crippen LogP contribution in [0.15, 0.2) is 60.9 Å². The molecule has 3 fully saturated rings. The quantitative estimate of drug-likeness (QED) is 0.264. The lowest BCUT2D eigenvalue weighted by Crippen LogP contribution is -2.49. The van der Waals surface area contributed by atoms with Gasteiger partial charge in [0.15, 0.2) is 5.69 Å². The molecule has 0 spiro atoms. The Morgan fingerprint density at radius 3 is 2.45 bits per heavy atom. The van der Waals surface area contributed by atoms with Gasteiger partial charge in [0.05, 0.1) is 18.2 Å². The second-order valence-electron chi connectivity index (χ2n) is 11.7. The third kappa shape index (κ3) is 5.23. The van der Waals surface area contributed by atoms with Crippen LogP contribution in [0.3, 0.4) is 0 Å². The second-order valence-corrected chi connectivity index (χ2v) is 11.7. The SMILES string of the molecule is [C-]#[N+]c1ccc(C2CC(CN3CCC(C([N+]#[C-])(c4cccc(F)c4)[C@@H]4CCC[C@H]4OC(=C)C)CC3)C2)cc1. The first-order valence-electron chi connectivity index (χ1n) is 14.1. The molecule has 1 heterocycles. The molecule has 0 aromatic heterocycles. The fourth-order valence-electron chi connectivity index (χ4n) is 7.46. The van der Waals surface area contributed by atoms with Gasteiger partial charge in [-0.05, 0) is 94.5 Å². The van der Waals surface area contributed by atoms with Gasteiger partial charge in [-0.3, -0.25) is 0 Å². The minimum absolute atomic E-state index is 0.0386. The highest BCUT2D eigenvalue weighted by Crippen LogP contribution is 2.53. The molecule has 3 aliphatic rings. The maximum absolute atomic E-state index is 14.5. The summed E-state index contributed by atoms with van der Waals surface area (Å²) in [4.78, 5) is 10.5. The lowest BCUT2D eigenvalue weighted by molar-refractivity contribution is 0.0220. The number of rotatable bonds is 8. The minimum Gasteiger partial charge on any atom is -0.495 e. The van der Waals surface area contributed by atoms with E-state index in [-0.39, 0.29) is 23.8 Å². The molecular formula is C33H38FN3O. The van der Waals surface area contributed by atoms with Crippen LogP contribution in [0.1, 0.15) is 68.9 Å². The third-order valence-corrected chi connectivity index (χ3v) is 9.30. The van der Waals surface area contributed by atoms with Gasteiger partial charge in [0.1, 0.15) is 11.9 Å². The molecule has 0 amide bonds. The standard InChI is InChI=1S/C33H38FN3O/c1-23(2)38-32-10-6-9-31(32)33(36-4,28-7-5-8-29(34)21-28)27-15-17-37(18-16-27)22-24-19-26(20-24)25-11-13-30(35-3)14-12-25/h5,7-8,11-14,21,24,26-27,31-32H,1,6,9-10,15-20,22H2,2H3/t24?,26?,31-,32-,33?/m1/s1. The Morgan fingerprint density at radius 1 is 1.08 bits per heavy atom. The fourth-order valence-corrected chi connectivity index (χ4v) is 7.46. The van der Waals surface area contributed by atoms with Gasteiger partial charge >= 0.3 is 0 Å². The zero-order valence-corrected chi connectivity index (χ0v) is 22.4. The first kappa shape index (κ1) is 26.5. The first-order valence-corrected chi connectivity index (χ1v) is 14.1. The number of benzene rings is 2. The van der Waals surface area contributed by atoms with E-state index < -0.39 is 5.54 Å². The molecule has 2 aliphatic carbocycles. The molecule has 5 heteroatoms. The number of hydrogen-bond donors (Lipinski definition) is 0. The maximum Gasteiger partial charge on any atom is 0.266 e. The number of hydrogen-bond acceptors (Lipinski definition) is 2. The summed E-state index contributed by atoms with van der Waals surface area (Å²) in [5.41, 5.74) is 2.10. The number of nitrogens with zero attached hydrogens (tertiary/aromatic N) is 3. The van der Waals surface area contributed by atoms with E-state index in [1.807, 2.05) is 25.1 Å². The van der Waals surface area contributed by atoms with E-state index in [9.17, 15) is 4.39 Å². The monoisotopic (exact) mass is 511 g/mol. The van der Waals surface area contributed by atoms with E-state index in [2.05, 4.69) is 33.3 Å². The summed E-state index contributed by atoms with van der Waals surface area (Å²) in [6.45, 7) is 24.6. The van der Waals surface area contributed by atoms with Crippen LogP contribution in [0.5, 0.6) is 0 Å². The van der Waals surface area contributed by atoms with Crippen molar-refractivity contribution in [2.24, 2.45) is 17.8 Å². The molecule has 0 bridgehead atoms. The molecule has 2 aromatic rings. The van der Waals surface area contributed by atoms with Crippen LogP contribution >= 0.6 is 0 Å². The molecule has 0 N–H and O–H groups in total. The maximum atomic E-state index is 14.5. The van der Waals surface area contributed by atoms with Crippen molar-refractivity contribution in [2.45, 2.75) is 69.4 Å². The highest BCUT2D eigenvalue weighted by atomic mass is 19.1. The number of allylic oxidation sites excluding steroid dienone is 1. The minimum atomic E-state index is -0.774. The number of ether oxygens (including phenoxy) is 1. The Kier molecular flexibility index (Phi) is 7.87. The van der Waals surface area contributed by atoms with E-state index in [0.29, 0.717) is 23.3 Å². The third-order valence-electron chi connectivity index (χ3n) is 9.30. The van der Waals surface area contributed by atoms with Gasteiger partial charge in [-0.2, -0.15) is 0 Å². The predicted molar refractivity (Wildman–Crippen MR) is 149 cm³/mol. The van der Waals surface area contributed by atoms with E-state index in [1.54, 1.807) is 12.1 Å². The Hall–Kier alpha value is -3.15. The zero-order chi connectivity index (χ0) is 26.7. The van der Waals surface area contributed by atoms with Crippen molar-refractivity contribution in [2.75, 3.05) is 19.6 Å². The molecule has 1 aliphatic heterocycles. The van der Waals surface area contributed by atoms with E-state index in [4.69, 9.17) is 17.9 Å². The van der Waals surface area contributed by atoms with E-state index >= 15 is 0 Å². The fraction of sp³-hybridized carbons (Fsp3) is 0.515. The van der Waals surface area contributed by atoms with Gasteiger partial charge in [0.2, 0.25) is 0 Å². The zero-order valence-electron chi connectivity index (χ0n) is 22.4. The number of halogens is 1. The topological polar surface area (TPSA) is 21.2 Å². The van der Waals surface area contributed by atoms with Crippen LogP contribution in [0.25, 0.3) is 9.69 Å². The smallest absolute Gasteiger partial charge is 0.266 e. The largest absolute Gasteiger partial charge is 0.495 e. The summed E-state index contributed by atoms with van der Waals surface area (Å²) in [6, 6.07) is 14.9. The first-order chi connectivity index (χ1) is 18.4. The predicted octanol–water partition coefficient (Wildman–Crippen LogP) is 8.12. The summed E-state index contributed by atoms with van der Waals surface area (Å²) in [7, 11) is 0. The van der Waals surface area contributed by atoms with Gasteiger partial charge in [-0.1, -0.05) is 43.0 Å². The molecule has 2 saturated carbocycles. The Labute approximate surface area is 227 Å². The molecule has 1 unspecified atom stereocenters. The van der Waals surface area contributed by atoms with Gasteiger partial charge in [0, 0.05) is 18.0 Å². The molecule has 5 rings (SSSR count). The van der Waals surface area contributed by atoms with Gasteiger partial charge in [-0.25, -0.2) is 15.8 Å². The molecule has 198 valence electrons. The Balaban J connectivity index is 1.26. The van der Waals surface area contributed by atoms with Crippen LogP contribution in [0.4, 0.5) is 10.1 Å². The van der Waals surface area contributed by atoms with Crippen molar-refractivity contribution in [3.63, 3.8) is 0 Å². The van der Waals surface area contributed by atoms with Crippen LogP contribution < -0.4 is 0 Å². The highest BCUT2D eigenvalue weighted by Gasteiger charge is 2.58. The van der Waals surface area contributed by atoms with Crippen LogP contribution in [-0.2, 0) is 10.3 Å². The molecule has 2 aromatic carbocycles. The van der Waals surface area contributed by atoms with Crippen LogP contribution in [0.2, 0.25) is 0 Å². The Bertz CT molecular complexity index is 1210. The summed E-state index contributed by atoms with van der Waals surface area (Å²) in [5, 5.41) is 0. The van der Waals surface area contributed by atoms with Crippen molar-refractivity contribution in [3.8, 4) is 0 Å². The van der Waals surface area contributed by atoms with Gasteiger partial charge < -0.3 is 14.5 Å². The van der Waals surface area contributed by atoms with Crippen molar-refractivity contribution >= 4 is 5.69 Å².